The fourth-order valence-electron chi connectivity index (χ4n) is 2.23. The predicted octanol–water partition coefficient (Wildman–Crippen LogP) is 2.82. The van der Waals surface area contributed by atoms with Crippen LogP contribution in [0.2, 0.25) is 0 Å². The summed E-state index contributed by atoms with van der Waals surface area (Å²) in [5.41, 5.74) is 8.50. The Morgan fingerprint density at radius 3 is 2.42 bits per heavy atom. The van der Waals surface area contributed by atoms with Crippen LogP contribution in [0.3, 0.4) is 0 Å². The minimum atomic E-state index is -0.650. The first-order chi connectivity index (χ1) is 11.6. The van der Waals surface area contributed by atoms with E-state index < -0.39 is 6.03 Å². The van der Waals surface area contributed by atoms with Crippen LogP contribution in [0.1, 0.15) is 10.4 Å². The Balaban J connectivity index is 1.73. The number of benzene rings is 2. The second-order valence-corrected chi connectivity index (χ2v) is 5.07. The SMILES string of the molecule is NC(=O)Nc1ccc(C(=O)Nc2cccc(-c3ccn[nH]3)c2)cc1. The fourth-order valence-corrected chi connectivity index (χ4v) is 2.23. The molecule has 0 aliphatic carbocycles. The van der Waals surface area contributed by atoms with Crippen molar-refractivity contribution in [1.82, 2.24) is 10.2 Å². The smallest absolute Gasteiger partial charge is 0.316 e. The normalized spacial score (nSPS) is 10.2. The van der Waals surface area contributed by atoms with Gasteiger partial charge >= 0.3 is 6.03 Å². The molecule has 1 heterocycles. The van der Waals surface area contributed by atoms with Crippen LogP contribution in [0.25, 0.3) is 11.3 Å². The number of carbonyl (C=O) groups is 2. The van der Waals surface area contributed by atoms with Crippen molar-refractivity contribution in [2.75, 3.05) is 10.6 Å². The van der Waals surface area contributed by atoms with Crippen LogP contribution < -0.4 is 16.4 Å². The van der Waals surface area contributed by atoms with E-state index in [1.54, 1.807) is 36.5 Å². The molecule has 2 aromatic carbocycles. The van der Waals surface area contributed by atoms with Gasteiger partial charge in [-0.25, -0.2) is 4.79 Å². The van der Waals surface area contributed by atoms with Crippen LogP contribution >= 0.6 is 0 Å². The van der Waals surface area contributed by atoms with E-state index >= 15 is 0 Å². The van der Waals surface area contributed by atoms with E-state index in [0.717, 1.165) is 11.3 Å². The molecule has 0 bridgehead atoms. The molecule has 5 N–H and O–H groups in total. The van der Waals surface area contributed by atoms with Crippen LogP contribution in [0, 0.1) is 0 Å². The molecule has 0 radical (unpaired) electrons. The van der Waals surface area contributed by atoms with Crippen molar-refractivity contribution in [3.63, 3.8) is 0 Å². The topological polar surface area (TPSA) is 113 Å². The van der Waals surface area contributed by atoms with Gasteiger partial charge in [0.1, 0.15) is 0 Å². The number of H-pyrrole nitrogens is 1. The first kappa shape index (κ1) is 15.3. The third-order valence-electron chi connectivity index (χ3n) is 3.35. The highest BCUT2D eigenvalue weighted by atomic mass is 16.2. The van der Waals surface area contributed by atoms with Gasteiger partial charge in [0.05, 0.1) is 5.69 Å². The molecule has 120 valence electrons. The van der Waals surface area contributed by atoms with Crippen molar-refractivity contribution in [2.45, 2.75) is 0 Å². The van der Waals surface area contributed by atoms with Gasteiger partial charge in [-0.05, 0) is 42.5 Å². The number of rotatable bonds is 4. The average Bonchev–Trinajstić information content (AvgIpc) is 3.10. The summed E-state index contributed by atoms with van der Waals surface area (Å²) in [5.74, 6) is -0.248. The number of amides is 3. The molecule has 24 heavy (non-hydrogen) atoms. The number of aromatic nitrogens is 2. The molecular formula is C17H15N5O2. The number of nitrogens with one attached hydrogen (secondary N) is 3. The molecule has 0 spiro atoms. The molecule has 7 heteroatoms. The average molecular weight is 321 g/mol. The standard InChI is InChI=1S/C17H15N5O2/c18-17(24)21-13-6-4-11(5-7-13)16(23)20-14-3-1-2-12(10-14)15-8-9-19-22-15/h1-10H,(H,19,22)(H,20,23)(H3,18,21,24). The lowest BCUT2D eigenvalue weighted by molar-refractivity contribution is 0.102. The molecule has 3 aromatic rings. The maximum Gasteiger partial charge on any atom is 0.316 e. The number of primary amides is 1. The molecule has 7 nitrogen and oxygen atoms in total. The van der Waals surface area contributed by atoms with Crippen LogP contribution in [-0.2, 0) is 0 Å². The van der Waals surface area contributed by atoms with Crippen LogP contribution in [-0.4, -0.2) is 22.1 Å². The molecule has 0 fully saturated rings. The summed E-state index contributed by atoms with van der Waals surface area (Å²) in [6.07, 6.45) is 1.67. The van der Waals surface area contributed by atoms with Crippen molar-refractivity contribution < 1.29 is 9.59 Å². The minimum Gasteiger partial charge on any atom is -0.351 e. The Bertz CT molecular complexity index is 857. The van der Waals surface area contributed by atoms with E-state index in [-0.39, 0.29) is 5.91 Å². The van der Waals surface area contributed by atoms with Crippen LogP contribution in [0.4, 0.5) is 16.2 Å². The Morgan fingerprint density at radius 2 is 1.75 bits per heavy atom. The maximum atomic E-state index is 12.3. The van der Waals surface area contributed by atoms with E-state index in [1.807, 2.05) is 24.3 Å². The summed E-state index contributed by atoms with van der Waals surface area (Å²) in [5, 5.41) is 12.1. The van der Waals surface area contributed by atoms with E-state index in [1.165, 1.54) is 0 Å². The number of hydrogen-bond donors (Lipinski definition) is 4. The number of anilines is 2. The van der Waals surface area contributed by atoms with Gasteiger partial charge < -0.3 is 16.4 Å². The van der Waals surface area contributed by atoms with Gasteiger partial charge in [-0.15, -0.1) is 0 Å². The summed E-state index contributed by atoms with van der Waals surface area (Å²) in [6.45, 7) is 0. The number of hydrogen-bond acceptors (Lipinski definition) is 3. The number of urea groups is 1. The summed E-state index contributed by atoms with van der Waals surface area (Å²) in [7, 11) is 0. The number of nitrogens with zero attached hydrogens (tertiary/aromatic N) is 1. The van der Waals surface area contributed by atoms with E-state index in [9.17, 15) is 9.59 Å². The minimum absolute atomic E-state index is 0.248. The predicted molar refractivity (Wildman–Crippen MR) is 91.6 cm³/mol. The second kappa shape index (κ2) is 6.66. The fraction of sp³-hybridized carbons (Fsp3) is 0. The summed E-state index contributed by atoms with van der Waals surface area (Å²) in [6, 6.07) is 15.1. The Labute approximate surface area is 137 Å². The summed E-state index contributed by atoms with van der Waals surface area (Å²) >= 11 is 0. The Morgan fingerprint density at radius 1 is 0.958 bits per heavy atom. The highest BCUT2D eigenvalue weighted by molar-refractivity contribution is 6.04. The van der Waals surface area contributed by atoms with Gasteiger partial charge in [0.2, 0.25) is 0 Å². The Kier molecular flexibility index (Phi) is 4.24. The van der Waals surface area contributed by atoms with E-state index in [0.29, 0.717) is 16.9 Å². The molecule has 0 unspecified atom stereocenters. The van der Waals surface area contributed by atoms with Gasteiger partial charge in [-0.2, -0.15) is 5.10 Å². The third-order valence-corrected chi connectivity index (χ3v) is 3.35. The molecule has 0 saturated heterocycles. The number of carbonyl (C=O) groups excluding carboxylic acids is 2. The van der Waals surface area contributed by atoms with Gasteiger partial charge in [0, 0.05) is 28.7 Å². The van der Waals surface area contributed by atoms with Crippen molar-refractivity contribution >= 4 is 23.3 Å². The second-order valence-electron chi connectivity index (χ2n) is 5.07. The van der Waals surface area contributed by atoms with Gasteiger partial charge in [-0.1, -0.05) is 12.1 Å². The zero-order chi connectivity index (χ0) is 16.9. The van der Waals surface area contributed by atoms with E-state index in [4.69, 9.17) is 5.73 Å². The lowest BCUT2D eigenvalue weighted by atomic mass is 10.1. The van der Waals surface area contributed by atoms with Crippen molar-refractivity contribution in [1.29, 1.82) is 0 Å². The zero-order valence-corrected chi connectivity index (χ0v) is 12.6. The number of aromatic amines is 1. The van der Waals surface area contributed by atoms with E-state index in [2.05, 4.69) is 20.8 Å². The van der Waals surface area contributed by atoms with Crippen molar-refractivity contribution in [2.24, 2.45) is 5.73 Å². The summed E-state index contributed by atoms with van der Waals surface area (Å²) < 4.78 is 0. The highest BCUT2D eigenvalue weighted by Gasteiger charge is 2.08. The molecule has 0 atom stereocenters. The van der Waals surface area contributed by atoms with Gasteiger partial charge in [-0.3, -0.25) is 9.89 Å². The van der Waals surface area contributed by atoms with Crippen molar-refractivity contribution in [3.8, 4) is 11.3 Å². The first-order valence-electron chi connectivity index (χ1n) is 7.19. The maximum absolute atomic E-state index is 12.3. The number of nitrogens with two attached hydrogens (primary N) is 1. The Hall–Kier alpha value is -3.61. The monoisotopic (exact) mass is 321 g/mol. The molecular weight excluding hydrogens is 306 g/mol. The van der Waals surface area contributed by atoms with Crippen LogP contribution in [0.15, 0.2) is 60.8 Å². The molecule has 1 aromatic heterocycles. The quantitative estimate of drug-likeness (QED) is 0.592. The first-order valence-corrected chi connectivity index (χ1v) is 7.19. The largest absolute Gasteiger partial charge is 0.351 e. The molecule has 0 aliphatic rings. The summed E-state index contributed by atoms with van der Waals surface area (Å²) in [4.78, 5) is 23.1. The molecule has 0 aliphatic heterocycles. The molecule has 0 saturated carbocycles. The highest BCUT2D eigenvalue weighted by Crippen LogP contribution is 2.21. The zero-order valence-electron chi connectivity index (χ0n) is 12.6. The lowest BCUT2D eigenvalue weighted by Gasteiger charge is -2.08. The van der Waals surface area contributed by atoms with Gasteiger partial charge in [0.15, 0.2) is 0 Å². The lowest BCUT2D eigenvalue weighted by Crippen LogP contribution is -2.19. The molecule has 3 rings (SSSR count). The van der Waals surface area contributed by atoms with Crippen LogP contribution in [0.5, 0.6) is 0 Å². The van der Waals surface area contributed by atoms with Gasteiger partial charge in [0.25, 0.3) is 5.91 Å². The molecule has 3 amide bonds. The van der Waals surface area contributed by atoms with Crippen molar-refractivity contribution in [3.05, 3.63) is 66.4 Å². The third kappa shape index (κ3) is 3.58.